The largest absolute Gasteiger partial charge is 0.597 e. The number of hydrogen-bond acceptors (Lipinski definition) is 3. The molecule has 1 atom stereocenters. The van der Waals surface area contributed by atoms with Crippen LogP contribution in [-0.2, 0) is 4.79 Å². The first-order valence-electron chi connectivity index (χ1n) is 3.05. The van der Waals surface area contributed by atoms with Crippen molar-refractivity contribution in [2.45, 2.75) is 19.9 Å². The number of hydroxylamine groups is 1. The number of aliphatic carboxylic acids is 1. The van der Waals surface area contributed by atoms with Crippen LogP contribution in [0.5, 0.6) is 0 Å². The first-order chi connectivity index (χ1) is 5.00. The van der Waals surface area contributed by atoms with Gasteiger partial charge in [-0.2, -0.15) is 0 Å². The average Bonchev–Trinajstić information content (AvgIpc) is 1.85. The van der Waals surface area contributed by atoms with Gasteiger partial charge in [0, 0.05) is 5.92 Å². The van der Waals surface area contributed by atoms with Crippen LogP contribution in [0.1, 0.15) is 13.8 Å². The quantitative estimate of drug-likeness (QED) is 0.357. The van der Waals surface area contributed by atoms with Crippen molar-refractivity contribution < 1.29 is 20.0 Å². The summed E-state index contributed by atoms with van der Waals surface area (Å²) >= 11 is 0. The van der Waals surface area contributed by atoms with Crippen LogP contribution in [-0.4, -0.2) is 27.2 Å². The standard InChI is InChI=1S/C5H10N2O4/c1-3(2)4(5(8)9)7(11)6-10/h3-4,10H,1-2H3,(H,8,9)/t4-/m0/s1. The van der Waals surface area contributed by atoms with E-state index in [1.807, 2.05) is 0 Å². The second kappa shape index (κ2) is 3.75. The second-order valence-corrected chi connectivity index (χ2v) is 2.42. The molecule has 0 bridgehead atoms. The van der Waals surface area contributed by atoms with E-state index in [-0.39, 0.29) is 4.86 Å². The number of rotatable bonds is 3. The number of nitrogens with zero attached hydrogens (tertiary/aromatic N) is 2. The summed E-state index contributed by atoms with van der Waals surface area (Å²) in [6.45, 7) is 3.10. The van der Waals surface area contributed by atoms with Crippen molar-refractivity contribution in [1.29, 1.82) is 0 Å². The van der Waals surface area contributed by atoms with Gasteiger partial charge in [-0.1, -0.05) is 13.8 Å². The van der Waals surface area contributed by atoms with Crippen LogP contribution in [0.2, 0.25) is 0 Å². The maximum absolute atomic E-state index is 10.5. The monoisotopic (exact) mass is 162 g/mol. The fourth-order valence-corrected chi connectivity index (χ4v) is 0.690. The van der Waals surface area contributed by atoms with Crippen LogP contribution in [0.3, 0.4) is 0 Å². The van der Waals surface area contributed by atoms with E-state index in [0.29, 0.717) is 0 Å². The minimum Gasteiger partial charge on any atom is -0.597 e. The molecule has 0 saturated carbocycles. The number of hydrogen-bond donors (Lipinski definition) is 2. The van der Waals surface area contributed by atoms with Gasteiger partial charge in [0.25, 0.3) is 6.04 Å². The zero-order chi connectivity index (χ0) is 9.02. The third kappa shape index (κ3) is 2.40. The summed E-state index contributed by atoms with van der Waals surface area (Å²) in [4.78, 5) is 10.1. The van der Waals surface area contributed by atoms with E-state index in [4.69, 9.17) is 10.3 Å². The molecule has 0 spiro atoms. The maximum atomic E-state index is 10.5. The Morgan fingerprint density at radius 1 is 1.64 bits per heavy atom. The Morgan fingerprint density at radius 2 is 2.09 bits per heavy atom. The third-order valence-electron chi connectivity index (χ3n) is 1.21. The Kier molecular flexibility index (Phi) is 3.29. The van der Waals surface area contributed by atoms with E-state index in [2.05, 4.69) is 5.28 Å². The molecule has 0 saturated heterocycles. The van der Waals surface area contributed by atoms with Gasteiger partial charge in [-0.05, 0) is 4.86 Å². The lowest BCUT2D eigenvalue weighted by atomic mass is 10.1. The normalized spacial score (nSPS) is 15.0. The topological polar surface area (TPSA) is 96.0 Å². The highest BCUT2D eigenvalue weighted by atomic mass is 16.6. The molecular formula is C5H10N2O4. The van der Waals surface area contributed by atoms with E-state index in [1.54, 1.807) is 13.8 Å². The summed E-state index contributed by atoms with van der Waals surface area (Å²) in [7, 11) is 0. The zero-order valence-corrected chi connectivity index (χ0v) is 6.26. The SMILES string of the molecule is CC(C)[C@@H](C(=O)O)[N+]([O-])=NO. The summed E-state index contributed by atoms with van der Waals surface area (Å²) in [5.74, 6) is -1.70. The Bertz CT molecular complexity index is 177. The molecule has 64 valence electrons. The second-order valence-electron chi connectivity index (χ2n) is 2.42. The van der Waals surface area contributed by atoms with Crippen molar-refractivity contribution in [3.05, 3.63) is 5.21 Å². The predicted octanol–water partition coefficient (Wildman–Crippen LogP) is 0.447. The van der Waals surface area contributed by atoms with E-state index >= 15 is 0 Å². The number of carboxylic acids is 1. The molecule has 0 aliphatic carbocycles. The third-order valence-corrected chi connectivity index (χ3v) is 1.21. The molecule has 6 nitrogen and oxygen atoms in total. The maximum Gasteiger partial charge on any atom is 0.377 e. The highest BCUT2D eigenvalue weighted by Gasteiger charge is 2.31. The van der Waals surface area contributed by atoms with E-state index in [9.17, 15) is 10.0 Å². The molecule has 0 amide bonds. The van der Waals surface area contributed by atoms with Gasteiger partial charge in [-0.15, -0.1) is 0 Å². The molecule has 0 unspecified atom stereocenters. The van der Waals surface area contributed by atoms with Gasteiger partial charge >= 0.3 is 5.97 Å². The van der Waals surface area contributed by atoms with Crippen molar-refractivity contribution in [1.82, 2.24) is 0 Å². The first kappa shape index (κ1) is 9.67. The molecule has 0 radical (unpaired) electrons. The van der Waals surface area contributed by atoms with Crippen LogP contribution in [0.15, 0.2) is 5.28 Å². The van der Waals surface area contributed by atoms with Crippen molar-refractivity contribution in [2.75, 3.05) is 0 Å². The number of carbonyl (C=O) groups is 1. The Labute approximate surface area is 63.3 Å². The van der Waals surface area contributed by atoms with E-state index < -0.39 is 17.9 Å². The van der Waals surface area contributed by atoms with Gasteiger partial charge in [0.1, 0.15) is 0 Å². The van der Waals surface area contributed by atoms with Gasteiger partial charge in [0.2, 0.25) is 0 Å². The molecule has 0 aliphatic heterocycles. The van der Waals surface area contributed by atoms with Crippen molar-refractivity contribution in [2.24, 2.45) is 11.2 Å². The van der Waals surface area contributed by atoms with Gasteiger partial charge in [-0.25, -0.2) is 4.79 Å². The highest BCUT2D eigenvalue weighted by molar-refractivity contribution is 5.72. The summed E-state index contributed by atoms with van der Waals surface area (Å²) in [6, 6.07) is -1.32. The molecule has 0 aliphatic rings. The Hall–Kier alpha value is -1.33. The lowest BCUT2D eigenvalue weighted by Gasteiger charge is -2.10. The van der Waals surface area contributed by atoms with Gasteiger partial charge in [0.05, 0.1) is 0 Å². The van der Waals surface area contributed by atoms with E-state index in [1.165, 1.54) is 0 Å². The molecule has 0 aromatic carbocycles. The fourth-order valence-electron chi connectivity index (χ4n) is 0.690. The van der Waals surface area contributed by atoms with Crippen LogP contribution in [0.4, 0.5) is 0 Å². The van der Waals surface area contributed by atoms with Crippen LogP contribution >= 0.6 is 0 Å². The molecule has 0 fully saturated rings. The Morgan fingerprint density at radius 3 is 2.18 bits per heavy atom. The minimum absolute atomic E-state index is 0.229. The van der Waals surface area contributed by atoms with Crippen molar-refractivity contribution in [3.8, 4) is 0 Å². The molecule has 0 rings (SSSR count). The Balaban J connectivity index is 4.48. The summed E-state index contributed by atoms with van der Waals surface area (Å²) < 4.78 is 0. The number of carboxylic acid groups (broad SMARTS) is 1. The lowest BCUT2D eigenvalue weighted by molar-refractivity contribution is -0.586. The minimum atomic E-state index is -1.32. The summed E-state index contributed by atoms with van der Waals surface area (Å²) in [6.07, 6.45) is 0. The fraction of sp³-hybridized carbons (Fsp3) is 0.800. The van der Waals surface area contributed by atoms with Crippen LogP contribution < -0.4 is 0 Å². The lowest BCUT2D eigenvalue weighted by Crippen LogP contribution is -2.34. The predicted molar refractivity (Wildman–Crippen MR) is 34.1 cm³/mol. The molecule has 0 aromatic heterocycles. The van der Waals surface area contributed by atoms with Crippen molar-refractivity contribution in [3.63, 3.8) is 0 Å². The smallest absolute Gasteiger partial charge is 0.377 e. The zero-order valence-electron chi connectivity index (χ0n) is 6.26. The van der Waals surface area contributed by atoms with Crippen LogP contribution in [0, 0.1) is 11.1 Å². The molecule has 11 heavy (non-hydrogen) atoms. The van der Waals surface area contributed by atoms with Gasteiger partial charge in [-0.3, -0.25) is 0 Å². The molecule has 6 heteroatoms. The molecule has 0 heterocycles. The highest BCUT2D eigenvalue weighted by Crippen LogP contribution is 2.05. The summed E-state index contributed by atoms with van der Waals surface area (Å²) in [5.41, 5.74) is 0. The van der Waals surface area contributed by atoms with Gasteiger partial charge in [0.15, 0.2) is 5.28 Å². The van der Waals surface area contributed by atoms with Crippen LogP contribution in [0.25, 0.3) is 0 Å². The van der Waals surface area contributed by atoms with Gasteiger partial charge < -0.3 is 15.5 Å². The molecule has 2 N–H and O–H groups in total. The van der Waals surface area contributed by atoms with E-state index in [0.717, 1.165) is 0 Å². The molecular weight excluding hydrogens is 152 g/mol. The first-order valence-corrected chi connectivity index (χ1v) is 3.05. The molecule has 0 aromatic rings. The average molecular weight is 162 g/mol. The summed E-state index contributed by atoms with van der Waals surface area (Å²) in [5, 5.41) is 29.2. The van der Waals surface area contributed by atoms with Crippen molar-refractivity contribution >= 4 is 5.97 Å².